The molecule has 41 heavy (non-hydrogen) atoms. The van der Waals surface area contributed by atoms with E-state index in [4.69, 9.17) is 4.98 Å². The molecule has 210 valence electrons. The third-order valence-electron chi connectivity index (χ3n) is 7.39. The molecule has 0 spiro atoms. The first-order valence-electron chi connectivity index (χ1n) is 13.8. The minimum Gasteiger partial charge on any atom is -0.324 e. The standard InChI is InChI=1S/C30H32N8O2S/c1-18-23(12-14-38(2)17-21-9-6-13-31-21)34-30(41-18)37-27(39)22-10-5-11-24-26(22)35-29(33-24)36-28(40)25-15-19-7-3-4-8-20(19)16-32-25/h3-5,7-8,10-11,15-16,21,31H,6,9,12-14,17H2,1-2H3,(H,34,37,39)(H2,33,35,36,40). The molecule has 4 N–H and O–H groups in total. The summed E-state index contributed by atoms with van der Waals surface area (Å²) in [6.45, 7) is 5.08. The van der Waals surface area contributed by atoms with Crippen molar-refractivity contribution < 1.29 is 9.59 Å². The largest absolute Gasteiger partial charge is 0.324 e. The number of benzene rings is 2. The Labute approximate surface area is 241 Å². The number of rotatable bonds is 9. The topological polar surface area (TPSA) is 128 Å². The van der Waals surface area contributed by atoms with Crippen molar-refractivity contribution >= 4 is 56.0 Å². The van der Waals surface area contributed by atoms with Gasteiger partial charge in [0.15, 0.2) is 5.13 Å². The number of aromatic nitrogens is 4. The highest BCUT2D eigenvalue weighted by molar-refractivity contribution is 7.15. The average Bonchev–Trinajstić information content (AvgIpc) is 3.71. The summed E-state index contributed by atoms with van der Waals surface area (Å²) in [7, 11) is 2.14. The average molecular weight is 569 g/mol. The van der Waals surface area contributed by atoms with E-state index in [1.54, 1.807) is 24.4 Å². The van der Waals surface area contributed by atoms with Crippen LogP contribution in [0.1, 0.15) is 44.3 Å². The van der Waals surface area contributed by atoms with Crippen LogP contribution in [0.3, 0.4) is 0 Å². The van der Waals surface area contributed by atoms with Crippen LogP contribution in [0.15, 0.2) is 54.7 Å². The van der Waals surface area contributed by atoms with Gasteiger partial charge in [-0.1, -0.05) is 30.3 Å². The molecule has 1 unspecified atom stereocenters. The fourth-order valence-corrected chi connectivity index (χ4v) is 6.06. The van der Waals surface area contributed by atoms with Crippen molar-refractivity contribution in [2.75, 3.05) is 37.3 Å². The Morgan fingerprint density at radius 2 is 1.93 bits per heavy atom. The summed E-state index contributed by atoms with van der Waals surface area (Å²) < 4.78 is 0. The molecule has 2 aromatic carbocycles. The number of hydrogen-bond donors (Lipinski definition) is 4. The van der Waals surface area contributed by atoms with Crippen LogP contribution in [0, 0.1) is 6.92 Å². The monoisotopic (exact) mass is 568 g/mol. The Kier molecular flexibility index (Phi) is 7.73. The Hall–Kier alpha value is -4.19. The van der Waals surface area contributed by atoms with Gasteiger partial charge in [-0.3, -0.25) is 25.2 Å². The number of carbonyl (C=O) groups is 2. The number of carbonyl (C=O) groups excluding carboxylic acids is 2. The lowest BCUT2D eigenvalue weighted by molar-refractivity contribution is 0.101. The quantitative estimate of drug-likeness (QED) is 0.205. The van der Waals surface area contributed by atoms with Crippen LogP contribution >= 0.6 is 11.3 Å². The Balaban J connectivity index is 1.12. The van der Waals surface area contributed by atoms with Gasteiger partial charge in [0.05, 0.1) is 16.8 Å². The lowest BCUT2D eigenvalue weighted by Crippen LogP contribution is -2.36. The zero-order valence-electron chi connectivity index (χ0n) is 23.0. The maximum Gasteiger partial charge on any atom is 0.276 e. The van der Waals surface area contributed by atoms with Gasteiger partial charge in [0.2, 0.25) is 5.95 Å². The van der Waals surface area contributed by atoms with Crippen LogP contribution in [0.2, 0.25) is 0 Å². The van der Waals surface area contributed by atoms with Gasteiger partial charge in [-0.15, -0.1) is 11.3 Å². The summed E-state index contributed by atoms with van der Waals surface area (Å²) in [6, 6.07) is 15.3. The molecule has 3 aromatic heterocycles. The summed E-state index contributed by atoms with van der Waals surface area (Å²) in [5.41, 5.74) is 2.76. The SMILES string of the molecule is Cc1sc(NC(=O)c2cccc3[nH]c(NC(=O)c4cc5ccccc5cn4)nc23)nc1CCN(C)CC1CCCN1. The van der Waals surface area contributed by atoms with Gasteiger partial charge in [-0.05, 0) is 56.9 Å². The van der Waals surface area contributed by atoms with E-state index in [0.29, 0.717) is 27.8 Å². The second kappa shape index (κ2) is 11.7. The van der Waals surface area contributed by atoms with E-state index in [-0.39, 0.29) is 17.5 Å². The van der Waals surface area contributed by atoms with Crippen molar-refractivity contribution in [3.8, 4) is 0 Å². The number of aryl methyl sites for hydroxylation is 1. The van der Waals surface area contributed by atoms with Crippen molar-refractivity contribution in [2.24, 2.45) is 0 Å². The molecule has 0 radical (unpaired) electrons. The van der Waals surface area contributed by atoms with Gasteiger partial charge in [-0.25, -0.2) is 9.97 Å². The Bertz CT molecular complexity index is 1720. The molecule has 0 bridgehead atoms. The molecule has 5 aromatic rings. The first-order chi connectivity index (χ1) is 19.9. The molecular weight excluding hydrogens is 536 g/mol. The normalized spacial score (nSPS) is 15.1. The summed E-state index contributed by atoms with van der Waals surface area (Å²) in [5.74, 6) is -0.456. The van der Waals surface area contributed by atoms with E-state index >= 15 is 0 Å². The highest BCUT2D eigenvalue weighted by Crippen LogP contribution is 2.25. The number of nitrogens with one attached hydrogen (secondary N) is 4. The minimum absolute atomic E-state index is 0.240. The van der Waals surface area contributed by atoms with Gasteiger partial charge in [0.25, 0.3) is 11.8 Å². The Morgan fingerprint density at radius 3 is 2.76 bits per heavy atom. The van der Waals surface area contributed by atoms with Crippen LogP contribution in [-0.2, 0) is 6.42 Å². The third kappa shape index (κ3) is 6.12. The molecule has 2 amide bonds. The number of para-hydroxylation sites is 1. The van der Waals surface area contributed by atoms with Gasteiger partial charge in [-0.2, -0.15) is 0 Å². The number of anilines is 2. The number of aromatic amines is 1. The van der Waals surface area contributed by atoms with Crippen molar-refractivity contribution in [1.29, 1.82) is 0 Å². The molecule has 6 rings (SSSR count). The van der Waals surface area contributed by atoms with Crippen molar-refractivity contribution in [1.82, 2.24) is 30.2 Å². The number of pyridine rings is 1. The predicted octanol–water partition coefficient (Wildman–Crippen LogP) is 4.61. The van der Waals surface area contributed by atoms with E-state index in [1.807, 2.05) is 37.3 Å². The molecular formula is C30H32N8O2S. The fourth-order valence-electron chi connectivity index (χ4n) is 5.21. The van der Waals surface area contributed by atoms with E-state index in [0.717, 1.165) is 47.4 Å². The van der Waals surface area contributed by atoms with Crippen LogP contribution in [0.4, 0.5) is 11.1 Å². The number of thiazole rings is 1. The molecule has 1 atom stereocenters. The lowest BCUT2D eigenvalue weighted by Gasteiger charge is -2.20. The predicted molar refractivity (Wildman–Crippen MR) is 163 cm³/mol. The molecule has 1 saturated heterocycles. The van der Waals surface area contributed by atoms with E-state index in [2.05, 4.69) is 42.8 Å². The maximum atomic E-state index is 13.3. The van der Waals surface area contributed by atoms with Gasteiger partial charge >= 0.3 is 0 Å². The van der Waals surface area contributed by atoms with Crippen molar-refractivity contribution in [2.45, 2.75) is 32.2 Å². The minimum atomic E-state index is -0.392. The number of nitrogens with zero attached hydrogens (tertiary/aromatic N) is 4. The van der Waals surface area contributed by atoms with Crippen LogP contribution in [0.25, 0.3) is 21.8 Å². The summed E-state index contributed by atoms with van der Waals surface area (Å²) in [6.07, 6.45) is 4.97. The van der Waals surface area contributed by atoms with Crippen LogP contribution < -0.4 is 16.0 Å². The number of hydrogen-bond acceptors (Lipinski definition) is 8. The van der Waals surface area contributed by atoms with Gasteiger partial charge in [0, 0.05) is 42.0 Å². The fraction of sp³-hybridized carbons (Fsp3) is 0.300. The molecule has 4 heterocycles. The molecule has 0 saturated carbocycles. The van der Waals surface area contributed by atoms with Crippen LogP contribution in [-0.4, -0.2) is 69.4 Å². The smallest absolute Gasteiger partial charge is 0.276 e. The second-order valence-electron chi connectivity index (χ2n) is 10.4. The first-order valence-corrected chi connectivity index (χ1v) is 14.6. The molecule has 11 heteroatoms. The highest BCUT2D eigenvalue weighted by Gasteiger charge is 2.19. The van der Waals surface area contributed by atoms with E-state index in [1.165, 1.54) is 24.2 Å². The summed E-state index contributed by atoms with van der Waals surface area (Å²) in [5, 5.41) is 11.7. The molecule has 1 aliphatic rings. The number of fused-ring (bicyclic) bond motifs is 2. The van der Waals surface area contributed by atoms with Crippen molar-refractivity contribution in [3.63, 3.8) is 0 Å². The number of H-pyrrole nitrogens is 1. The first kappa shape index (κ1) is 27.0. The molecule has 0 aliphatic carbocycles. The number of likely N-dealkylation sites (N-methyl/N-ethyl adjacent to an activating group) is 1. The van der Waals surface area contributed by atoms with Crippen LogP contribution in [0.5, 0.6) is 0 Å². The lowest BCUT2D eigenvalue weighted by atomic mass is 10.1. The zero-order valence-corrected chi connectivity index (χ0v) is 23.8. The maximum absolute atomic E-state index is 13.3. The summed E-state index contributed by atoms with van der Waals surface area (Å²) in [4.78, 5) is 46.2. The van der Waals surface area contributed by atoms with Gasteiger partial charge in [0.1, 0.15) is 11.2 Å². The second-order valence-corrected chi connectivity index (χ2v) is 11.6. The number of amides is 2. The molecule has 10 nitrogen and oxygen atoms in total. The highest BCUT2D eigenvalue weighted by atomic mass is 32.1. The van der Waals surface area contributed by atoms with E-state index in [9.17, 15) is 9.59 Å². The number of imidazole rings is 1. The third-order valence-corrected chi connectivity index (χ3v) is 8.32. The molecule has 1 aliphatic heterocycles. The van der Waals surface area contributed by atoms with E-state index < -0.39 is 5.91 Å². The van der Waals surface area contributed by atoms with Gasteiger partial charge < -0.3 is 15.2 Å². The summed E-state index contributed by atoms with van der Waals surface area (Å²) >= 11 is 1.47. The van der Waals surface area contributed by atoms with Crippen molar-refractivity contribution in [3.05, 3.63) is 76.6 Å². The Morgan fingerprint density at radius 1 is 1.07 bits per heavy atom. The molecule has 1 fully saturated rings. The zero-order chi connectivity index (χ0) is 28.3.